The summed E-state index contributed by atoms with van der Waals surface area (Å²) in [6.07, 6.45) is 0. The minimum Gasteiger partial charge on any atom is -0.399 e. The molecule has 0 spiro atoms. The SMILES string of the molecule is CCNC(=O)NC(=O)C(C)S(=O)c1cc(N)ccc1C. The number of aryl methyl sites for hydroxylation is 1. The highest BCUT2D eigenvalue weighted by atomic mass is 32.2. The van der Waals surface area contributed by atoms with Gasteiger partial charge in [0.05, 0.1) is 10.8 Å². The lowest BCUT2D eigenvalue weighted by atomic mass is 10.2. The molecule has 0 aliphatic heterocycles. The van der Waals surface area contributed by atoms with Gasteiger partial charge in [-0.25, -0.2) is 4.79 Å². The molecule has 0 radical (unpaired) electrons. The topological polar surface area (TPSA) is 101 Å². The van der Waals surface area contributed by atoms with Gasteiger partial charge in [-0.15, -0.1) is 0 Å². The van der Waals surface area contributed by atoms with Gasteiger partial charge in [0.2, 0.25) is 5.91 Å². The highest BCUT2D eigenvalue weighted by molar-refractivity contribution is 7.86. The van der Waals surface area contributed by atoms with Crippen molar-refractivity contribution < 1.29 is 13.8 Å². The molecule has 0 aliphatic rings. The first-order chi connectivity index (χ1) is 9.36. The largest absolute Gasteiger partial charge is 0.399 e. The standard InChI is InChI=1S/C13H19N3O3S/c1-4-15-13(18)16-12(17)9(3)20(19)11-7-10(14)6-5-8(11)2/h5-7,9H,4,14H2,1-3H3,(H2,15,16,17,18). The number of nitrogen functional groups attached to an aromatic ring is 1. The maximum absolute atomic E-state index is 12.4. The van der Waals surface area contributed by atoms with Crippen molar-refractivity contribution in [3.63, 3.8) is 0 Å². The van der Waals surface area contributed by atoms with E-state index in [2.05, 4.69) is 10.6 Å². The molecular formula is C13H19N3O3S. The van der Waals surface area contributed by atoms with Gasteiger partial charge in [0.1, 0.15) is 5.25 Å². The first-order valence-electron chi connectivity index (χ1n) is 6.22. The number of amides is 3. The predicted molar refractivity (Wildman–Crippen MR) is 78.7 cm³/mol. The Labute approximate surface area is 120 Å². The summed E-state index contributed by atoms with van der Waals surface area (Å²) in [6, 6.07) is 4.44. The number of urea groups is 1. The van der Waals surface area contributed by atoms with Crippen LogP contribution < -0.4 is 16.4 Å². The third-order valence-electron chi connectivity index (χ3n) is 2.69. The van der Waals surface area contributed by atoms with E-state index in [4.69, 9.17) is 5.73 Å². The molecule has 7 heteroatoms. The lowest BCUT2D eigenvalue weighted by Gasteiger charge is -2.13. The lowest BCUT2D eigenvalue weighted by molar-refractivity contribution is -0.119. The monoisotopic (exact) mass is 297 g/mol. The Bertz CT molecular complexity index is 546. The van der Waals surface area contributed by atoms with Crippen LogP contribution in [0.5, 0.6) is 0 Å². The van der Waals surface area contributed by atoms with Crippen molar-refractivity contribution in [1.29, 1.82) is 0 Å². The molecule has 0 heterocycles. The van der Waals surface area contributed by atoms with E-state index in [-0.39, 0.29) is 0 Å². The Kier molecular flexibility index (Phi) is 5.69. The van der Waals surface area contributed by atoms with Gasteiger partial charge in [0.15, 0.2) is 0 Å². The number of carbonyl (C=O) groups excluding carboxylic acids is 2. The van der Waals surface area contributed by atoms with Gasteiger partial charge in [-0.1, -0.05) is 6.07 Å². The van der Waals surface area contributed by atoms with Crippen LogP contribution in [0.15, 0.2) is 23.1 Å². The Morgan fingerprint density at radius 1 is 1.40 bits per heavy atom. The minimum absolute atomic E-state index is 0.408. The molecule has 2 atom stereocenters. The summed E-state index contributed by atoms with van der Waals surface area (Å²) in [5.74, 6) is -0.587. The highest BCUT2D eigenvalue weighted by Crippen LogP contribution is 2.19. The average molecular weight is 297 g/mol. The van der Waals surface area contributed by atoms with Crippen LogP contribution in [0.25, 0.3) is 0 Å². The second-order valence-corrected chi connectivity index (χ2v) is 6.06. The van der Waals surface area contributed by atoms with Crippen molar-refractivity contribution in [2.45, 2.75) is 30.9 Å². The third-order valence-corrected chi connectivity index (χ3v) is 4.42. The van der Waals surface area contributed by atoms with Gasteiger partial charge < -0.3 is 11.1 Å². The fourth-order valence-electron chi connectivity index (χ4n) is 1.54. The molecule has 0 bridgehead atoms. The Balaban J connectivity index is 2.83. The minimum atomic E-state index is -1.57. The van der Waals surface area contributed by atoms with Crippen LogP contribution in [-0.4, -0.2) is 27.9 Å². The Morgan fingerprint density at radius 3 is 2.65 bits per heavy atom. The Hall–Kier alpha value is -1.89. The van der Waals surface area contributed by atoms with Crippen molar-refractivity contribution in [3.8, 4) is 0 Å². The summed E-state index contributed by atoms with van der Waals surface area (Å²) in [5.41, 5.74) is 6.93. The number of anilines is 1. The van der Waals surface area contributed by atoms with E-state index in [9.17, 15) is 13.8 Å². The van der Waals surface area contributed by atoms with Crippen LogP contribution in [0, 0.1) is 6.92 Å². The van der Waals surface area contributed by atoms with Gasteiger partial charge in [0, 0.05) is 17.1 Å². The summed E-state index contributed by atoms with van der Waals surface area (Å²) in [4.78, 5) is 23.6. The van der Waals surface area contributed by atoms with E-state index in [1.165, 1.54) is 6.92 Å². The molecule has 2 unspecified atom stereocenters. The summed E-state index contributed by atoms with van der Waals surface area (Å²) in [7, 11) is -1.57. The molecule has 6 nitrogen and oxygen atoms in total. The quantitative estimate of drug-likeness (QED) is 0.719. The molecule has 0 saturated carbocycles. The van der Waals surface area contributed by atoms with E-state index >= 15 is 0 Å². The van der Waals surface area contributed by atoms with Crippen molar-refractivity contribution in [2.24, 2.45) is 0 Å². The van der Waals surface area contributed by atoms with E-state index in [1.54, 1.807) is 32.0 Å². The van der Waals surface area contributed by atoms with Crippen molar-refractivity contribution in [2.75, 3.05) is 12.3 Å². The molecule has 0 aromatic heterocycles. The highest BCUT2D eigenvalue weighted by Gasteiger charge is 2.24. The molecule has 1 rings (SSSR count). The predicted octanol–water partition coefficient (Wildman–Crippen LogP) is 0.919. The second kappa shape index (κ2) is 7.04. The molecule has 4 N–H and O–H groups in total. The molecule has 20 heavy (non-hydrogen) atoms. The third kappa shape index (κ3) is 4.06. The number of hydrogen-bond donors (Lipinski definition) is 3. The van der Waals surface area contributed by atoms with Crippen molar-refractivity contribution >= 4 is 28.4 Å². The number of nitrogens with two attached hydrogens (primary N) is 1. The first-order valence-corrected chi connectivity index (χ1v) is 7.43. The van der Waals surface area contributed by atoms with Crippen molar-refractivity contribution in [1.82, 2.24) is 10.6 Å². The molecule has 0 aliphatic carbocycles. The molecule has 110 valence electrons. The van der Waals surface area contributed by atoms with Gasteiger partial charge >= 0.3 is 6.03 Å². The summed E-state index contributed by atoms with van der Waals surface area (Å²) in [5, 5.41) is 3.74. The molecule has 0 fully saturated rings. The summed E-state index contributed by atoms with van der Waals surface area (Å²) in [6.45, 7) is 5.45. The van der Waals surface area contributed by atoms with E-state index < -0.39 is 28.0 Å². The van der Waals surface area contributed by atoms with Crippen LogP contribution in [0.2, 0.25) is 0 Å². The number of benzene rings is 1. The number of rotatable bonds is 4. The van der Waals surface area contributed by atoms with Gasteiger partial charge in [0.25, 0.3) is 0 Å². The second-order valence-electron chi connectivity index (χ2n) is 4.31. The smallest absolute Gasteiger partial charge is 0.321 e. The normalized spacial score (nSPS) is 13.3. The molecular weight excluding hydrogens is 278 g/mol. The zero-order valence-corrected chi connectivity index (χ0v) is 12.5. The summed E-state index contributed by atoms with van der Waals surface area (Å²) >= 11 is 0. The van der Waals surface area contributed by atoms with Crippen LogP contribution >= 0.6 is 0 Å². The van der Waals surface area contributed by atoms with E-state index in [0.717, 1.165) is 5.56 Å². The summed E-state index contributed by atoms with van der Waals surface area (Å²) < 4.78 is 12.4. The molecule has 1 aromatic rings. The number of carbonyl (C=O) groups is 2. The fourth-order valence-corrected chi connectivity index (χ4v) is 2.81. The first kappa shape index (κ1) is 16.2. The molecule has 3 amide bonds. The maximum Gasteiger partial charge on any atom is 0.321 e. The maximum atomic E-state index is 12.4. The van der Waals surface area contributed by atoms with Gasteiger partial charge in [-0.3, -0.25) is 14.3 Å². The number of nitrogens with one attached hydrogen (secondary N) is 2. The Morgan fingerprint density at radius 2 is 2.05 bits per heavy atom. The van der Waals surface area contributed by atoms with E-state index in [0.29, 0.717) is 17.1 Å². The zero-order chi connectivity index (χ0) is 15.3. The molecule has 1 aromatic carbocycles. The average Bonchev–Trinajstić information content (AvgIpc) is 2.40. The number of imide groups is 1. The van der Waals surface area contributed by atoms with Crippen LogP contribution in [0.4, 0.5) is 10.5 Å². The van der Waals surface area contributed by atoms with Gasteiger partial charge in [-0.05, 0) is 38.5 Å². The van der Waals surface area contributed by atoms with Gasteiger partial charge in [-0.2, -0.15) is 0 Å². The van der Waals surface area contributed by atoms with Crippen LogP contribution in [-0.2, 0) is 15.6 Å². The number of hydrogen-bond acceptors (Lipinski definition) is 4. The zero-order valence-electron chi connectivity index (χ0n) is 11.7. The van der Waals surface area contributed by atoms with Crippen LogP contribution in [0.3, 0.4) is 0 Å². The lowest BCUT2D eigenvalue weighted by Crippen LogP contribution is -2.44. The molecule has 0 saturated heterocycles. The fraction of sp³-hybridized carbons (Fsp3) is 0.385. The van der Waals surface area contributed by atoms with E-state index in [1.807, 2.05) is 0 Å². The van der Waals surface area contributed by atoms with Crippen LogP contribution in [0.1, 0.15) is 19.4 Å². The van der Waals surface area contributed by atoms with Crippen molar-refractivity contribution in [3.05, 3.63) is 23.8 Å².